The number of hydrogen-bond donors (Lipinski definition) is 1. The molecule has 17 heavy (non-hydrogen) atoms. The second-order valence-corrected chi connectivity index (χ2v) is 3.48. The summed E-state index contributed by atoms with van der Waals surface area (Å²) in [7, 11) is 0. The molecule has 1 aromatic rings. The summed E-state index contributed by atoms with van der Waals surface area (Å²) in [5.74, 6) is -1.44. The Labute approximate surface area is 95.8 Å². The van der Waals surface area contributed by atoms with Crippen LogP contribution in [0.15, 0.2) is 24.3 Å². The van der Waals surface area contributed by atoms with Crippen molar-refractivity contribution in [1.82, 2.24) is 0 Å². The van der Waals surface area contributed by atoms with Gasteiger partial charge in [-0.1, -0.05) is 24.3 Å². The average Bonchev–Trinajstić information content (AvgIpc) is 2.18. The first kappa shape index (κ1) is 13.5. The molecule has 1 atom stereocenters. The van der Waals surface area contributed by atoms with Gasteiger partial charge in [-0.25, -0.2) is 4.79 Å². The molecule has 3 nitrogen and oxygen atoms in total. The van der Waals surface area contributed by atoms with Gasteiger partial charge in [-0.15, -0.1) is 0 Å². The van der Waals surface area contributed by atoms with Crippen LogP contribution < -0.4 is 0 Å². The number of aliphatic carboxylic acids is 1. The quantitative estimate of drug-likeness (QED) is 0.891. The van der Waals surface area contributed by atoms with Crippen LogP contribution in [0.3, 0.4) is 0 Å². The van der Waals surface area contributed by atoms with Gasteiger partial charge in [0.2, 0.25) is 0 Å². The van der Waals surface area contributed by atoms with E-state index in [0.29, 0.717) is 5.56 Å². The van der Waals surface area contributed by atoms with Crippen LogP contribution in [-0.4, -0.2) is 23.9 Å². The van der Waals surface area contributed by atoms with E-state index in [2.05, 4.69) is 4.74 Å². The Balaban J connectivity index is 2.99. The first-order valence-electron chi connectivity index (χ1n) is 4.78. The summed E-state index contributed by atoms with van der Waals surface area (Å²) in [6, 6.07) is 5.84. The number of benzene rings is 1. The number of alkyl halides is 3. The summed E-state index contributed by atoms with van der Waals surface area (Å²) in [5, 5.41) is 8.35. The van der Waals surface area contributed by atoms with E-state index in [1.165, 1.54) is 25.1 Å². The fourth-order valence-electron chi connectivity index (χ4n) is 1.40. The molecule has 1 rings (SSSR count). The van der Waals surface area contributed by atoms with Gasteiger partial charge in [0.25, 0.3) is 0 Å². The molecule has 0 heterocycles. The SMILES string of the molecule is Cc1ccccc1C(OCC(=O)O)C(F)(F)F. The van der Waals surface area contributed by atoms with Crippen LogP contribution in [0.1, 0.15) is 17.2 Å². The molecule has 0 saturated carbocycles. The van der Waals surface area contributed by atoms with Crippen LogP contribution in [0.25, 0.3) is 0 Å². The highest BCUT2D eigenvalue weighted by Gasteiger charge is 2.42. The lowest BCUT2D eigenvalue weighted by molar-refractivity contribution is -0.225. The molecule has 0 saturated heterocycles. The van der Waals surface area contributed by atoms with Crippen molar-refractivity contribution in [3.05, 3.63) is 35.4 Å². The monoisotopic (exact) mass is 248 g/mol. The van der Waals surface area contributed by atoms with E-state index in [9.17, 15) is 18.0 Å². The molecule has 0 aliphatic carbocycles. The molecule has 0 spiro atoms. The predicted molar refractivity (Wildman–Crippen MR) is 53.6 cm³/mol. The van der Waals surface area contributed by atoms with Crippen LogP contribution in [0.4, 0.5) is 13.2 Å². The Morgan fingerprint density at radius 3 is 2.47 bits per heavy atom. The Morgan fingerprint density at radius 2 is 2.00 bits per heavy atom. The minimum absolute atomic E-state index is 0.0683. The fraction of sp³-hybridized carbons (Fsp3) is 0.364. The highest BCUT2D eigenvalue weighted by molar-refractivity contribution is 5.68. The topological polar surface area (TPSA) is 46.5 Å². The van der Waals surface area contributed by atoms with Crippen LogP contribution in [-0.2, 0) is 9.53 Å². The number of ether oxygens (including phenoxy) is 1. The van der Waals surface area contributed by atoms with Crippen LogP contribution >= 0.6 is 0 Å². The summed E-state index contributed by atoms with van der Waals surface area (Å²) in [6.07, 6.45) is -6.85. The minimum Gasteiger partial charge on any atom is -0.480 e. The van der Waals surface area contributed by atoms with E-state index in [4.69, 9.17) is 5.11 Å². The van der Waals surface area contributed by atoms with Crippen molar-refractivity contribution < 1.29 is 27.8 Å². The van der Waals surface area contributed by atoms with Gasteiger partial charge in [-0.05, 0) is 18.1 Å². The van der Waals surface area contributed by atoms with Gasteiger partial charge in [0, 0.05) is 0 Å². The molecular weight excluding hydrogens is 237 g/mol. The lowest BCUT2D eigenvalue weighted by atomic mass is 10.0. The van der Waals surface area contributed by atoms with E-state index in [-0.39, 0.29) is 5.56 Å². The van der Waals surface area contributed by atoms with E-state index in [1.54, 1.807) is 6.07 Å². The van der Waals surface area contributed by atoms with Crippen LogP contribution in [0.5, 0.6) is 0 Å². The Hall–Kier alpha value is -1.56. The van der Waals surface area contributed by atoms with Gasteiger partial charge < -0.3 is 9.84 Å². The first-order chi connectivity index (χ1) is 7.82. The van der Waals surface area contributed by atoms with Gasteiger partial charge in [0.15, 0.2) is 6.10 Å². The smallest absolute Gasteiger partial charge is 0.418 e. The number of carboxylic acids is 1. The molecule has 1 unspecified atom stereocenters. The number of carbonyl (C=O) groups is 1. The van der Waals surface area contributed by atoms with Gasteiger partial charge in [0.05, 0.1) is 0 Å². The second kappa shape index (κ2) is 5.18. The molecular formula is C11H11F3O3. The third kappa shape index (κ3) is 3.74. The minimum atomic E-state index is -4.64. The van der Waals surface area contributed by atoms with E-state index in [1.807, 2.05) is 0 Å². The third-order valence-corrected chi connectivity index (χ3v) is 2.14. The molecule has 0 amide bonds. The number of hydrogen-bond acceptors (Lipinski definition) is 2. The summed E-state index contributed by atoms with van der Waals surface area (Å²) in [4.78, 5) is 10.3. The largest absolute Gasteiger partial charge is 0.480 e. The van der Waals surface area contributed by atoms with Gasteiger partial charge >= 0.3 is 12.1 Å². The van der Waals surface area contributed by atoms with Gasteiger partial charge in [0.1, 0.15) is 6.61 Å². The standard InChI is InChI=1S/C11H11F3O3/c1-7-4-2-3-5-8(7)10(11(12,13)14)17-6-9(15)16/h2-5,10H,6H2,1H3,(H,15,16). The van der Waals surface area contributed by atoms with Crippen molar-refractivity contribution in [3.63, 3.8) is 0 Å². The molecule has 0 aliphatic heterocycles. The van der Waals surface area contributed by atoms with Crippen molar-refractivity contribution in [2.24, 2.45) is 0 Å². The second-order valence-electron chi connectivity index (χ2n) is 3.48. The molecule has 0 aliphatic rings. The Morgan fingerprint density at radius 1 is 1.41 bits per heavy atom. The molecule has 0 bridgehead atoms. The molecule has 94 valence electrons. The molecule has 1 N–H and O–H groups in total. The molecule has 6 heteroatoms. The van der Waals surface area contributed by atoms with Gasteiger partial charge in [-0.3, -0.25) is 0 Å². The van der Waals surface area contributed by atoms with E-state index in [0.717, 1.165) is 0 Å². The predicted octanol–water partition coefficient (Wildman–Crippen LogP) is 2.70. The maximum atomic E-state index is 12.7. The summed E-state index contributed by atoms with van der Waals surface area (Å²) in [5.41, 5.74) is 0.335. The lowest BCUT2D eigenvalue weighted by Crippen LogP contribution is -2.26. The Kier molecular flexibility index (Phi) is 4.11. The van der Waals surface area contributed by atoms with Crippen LogP contribution in [0, 0.1) is 6.92 Å². The zero-order valence-corrected chi connectivity index (χ0v) is 8.99. The number of carboxylic acid groups (broad SMARTS) is 1. The van der Waals surface area contributed by atoms with Crippen molar-refractivity contribution in [2.45, 2.75) is 19.2 Å². The fourth-order valence-corrected chi connectivity index (χ4v) is 1.40. The van der Waals surface area contributed by atoms with Crippen molar-refractivity contribution in [1.29, 1.82) is 0 Å². The zero-order valence-electron chi connectivity index (χ0n) is 8.99. The zero-order chi connectivity index (χ0) is 13.1. The summed E-state index contributed by atoms with van der Waals surface area (Å²) >= 11 is 0. The molecule has 0 radical (unpaired) electrons. The first-order valence-corrected chi connectivity index (χ1v) is 4.78. The third-order valence-electron chi connectivity index (χ3n) is 2.14. The van der Waals surface area contributed by atoms with E-state index >= 15 is 0 Å². The number of aryl methyl sites for hydroxylation is 1. The summed E-state index contributed by atoms with van der Waals surface area (Å²) < 4.78 is 42.6. The Bertz CT molecular complexity index is 401. The van der Waals surface area contributed by atoms with Crippen molar-refractivity contribution in [3.8, 4) is 0 Å². The van der Waals surface area contributed by atoms with Gasteiger partial charge in [-0.2, -0.15) is 13.2 Å². The van der Waals surface area contributed by atoms with Crippen molar-refractivity contribution >= 4 is 5.97 Å². The van der Waals surface area contributed by atoms with Crippen molar-refractivity contribution in [2.75, 3.05) is 6.61 Å². The van der Waals surface area contributed by atoms with E-state index < -0.39 is 24.9 Å². The maximum absolute atomic E-state index is 12.7. The highest BCUT2D eigenvalue weighted by atomic mass is 19.4. The molecule has 1 aromatic carbocycles. The lowest BCUT2D eigenvalue weighted by Gasteiger charge is -2.21. The number of halogens is 3. The normalized spacial score (nSPS) is 13.4. The molecule has 0 fully saturated rings. The molecule has 0 aromatic heterocycles. The highest BCUT2D eigenvalue weighted by Crippen LogP contribution is 2.36. The summed E-state index contributed by atoms with van der Waals surface area (Å²) in [6.45, 7) is 0.525. The maximum Gasteiger partial charge on any atom is 0.418 e. The average molecular weight is 248 g/mol. The van der Waals surface area contributed by atoms with Crippen LogP contribution in [0.2, 0.25) is 0 Å². The number of rotatable bonds is 4.